The maximum absolute atomic E-state index is 11.2. The molecule has 0 heterocycles. The van der Waals surface area contributed by atoms with Crippen molar-refractivity contribution < 1.29 is 14.6 Å². The number of aliphatic hydroxyl groups is 1. The summed E-state index contributed by atoms with van der Waals surface area (Å²) in [7, 11) is 0. The molecule has 3 nitrogen and oxygen atoms in total. The first-order chi connectivity index (χ1) is 10.5. The summed E-state index contributed by atoms with van der Waals surface area (Å²) >= 11 is 6.09. The maximum atomic E-state index is 11.2. The predicted octanol–water partition coefficient (Wildman–Crippen LogP) is 5.01. The van der Waals surface area contributed by atoms with Crippen molar-refractivity contribution in [3.63, 3.8) is 0 Å². The van der Waals surface area contributed by atoms with Crippen molar-refractivity contribution in [1.82, 2.24) is 0 Å². The maximum Gasteiger partial charge on any atom is 0.153 e. The Balaban J connectivity index is 2.44. The molecule has 4 heteroatoms. The molecule has 0 saturated carbocycles. The Morgan fingerprint density at radius 3 is 2.55 bits per heavy atom. The fourth-order valence-electron chi connectivity index (χ4n) is 2.17. The van der Waals surface area contributed by atoms with E-state index in [-0.39, 0.29) is 0 Å². The van der Waals surface area contributed by atoms with E-state index in [4.69, 9.17) is 16.3 Å². The number of aldehydes is 1. The molecule has 2 rings (SSSR count). The van der Waals surface area contributed by atoms with Crippen molar-refractivity contribution in [2.45, 2.75) is 33.3 Å². The number of carbonyl (C=O) groups excluding carboxylic acids is 1. The molecular weight excluding hydrogens is 300 g/mol. The van der Waals surface area contributed by atoms with Crippen molar-refractivity contribution in [3.8, 4) is 11.5 Å². The van der Waals surface area contributed by atoms with Gasteiger partial charge in [0.05, 0.1) is 11.7 Å². The van der Waals surface area contributed by atoms with Gasteiger partial charge in [-0.3, -0.25) is 4.79 Å². The Hall–Kier alpha value is -1.84. The van der Waals surface area contributed by atoms with E-state index in [0.717, 1.165) is 23.0 Å². The zero-order valence-electron chi connectivity index (χ0n) is 12.9. The molecule has 0 aromatic heterocycles. The minimum atomic E-state index is -0.573. The number of halogens is 1. The molecule has 0 spiro atoms. The molecule has 22 heavy (non-hydrogen) atoms. The van der Waals surface area contributed by atoms with Crippen LogP contribution in [0.4, 0.5) is 0 Å². The van der Waals surface area contributed by atoms with Gasteiger partial charge in [-0.1, -0.05) is 24.6 Å². The first kappa shape index (κ1) is 16.5. The summed E-state index contributed by atoms with van der Waals surface area (Å²) in [6.07, 6.45) is 0.769. The third-order valence-electron chi connectivity index (χ3n) is 3.83. The molecule has 2 aromatic carbocycles. The Kier molecular flexibility index (Phi) is 5.22. The van der Waals surface area contributed by atoms with Gasteiger partial charge in [0.2, 0.25) is 0 Å². The molecule has 2 aromatic rings. The SMILES string of the molecule is CCC(O)c1ccc(C=O)c(Oc2ccc(Cl)c(C)c2C)c1. The average Bonchev–Trinajstić information content (AvgIpc) is 2.54. The van der Waals surface area contributed by atoms with E-state index in [0.29, 0.717) is 28.5 Å². The molecule has 0 aliphatic carbocycles. The Morgan fingerprint density at radius 2 is 1.91 bits per heavy atom. The van der Waals surface area contributed by atoms with Crippen LogP contribution >= 0.6 is 11.6 Å². The number of aliphatic hydroxyl groups excluding tert-OH is 1. The van der Waals surface area contributed by atoms with Gasteiger partial charge in [-0.25, -0.2) is 0 Å². The summed E-state index contributed by atoms with van der Waals surface area (Å²) in [6.45, 7) is 5.73. The van der Waals surface area contributed by atoms with Crippen LogP contribution in [0.5, 0.6) is 11.5 Å². The van der Waals surface area contributed by atoms with Crippen LogP contribution in [0.1, 0.15) is 46.5 Å². The lowest BCUT2D eigenvalue weighted by Crippen LogP contribution is -1.99. The number of hydrogen-bond donors (Lipinski definition) is 1. The highest BCUT2D eigenvalue weighted by atomic mass is 35.5. The van der Waals surface area contributed by atoms with Gasteiger partial charge >= 0.3 is 0 Å². The van der Waals surface area contributed by atoms with Gasteiger partial charge in [0.15, 0.2) is 6.29 Å². The van der Waals surface area contributed by atoms with Gasteiger partial charge in [0.1, 0.15) is 11.5 Å². The molecule has 0 radical (unpaired) electrons. The van der Waals surface area contributed by atoms with E-state index in [9.17, 15) is 9.90 Å². The van der Waals surface area contributed by atoms with Gasteiger partial charge in [0, 0.05) is 5.02 Å². The van der Waals surface area contributed by atoms with Crippen LogP contribution in [-0.2, 0) is 0 Å². The van der Waals surface area contributed by atoms with Gasteiger partial charge in [-0.05, 0) is 61.2 Å². The van der Waals surface area contributed by atoms with Crippen molar-refractivity contribution in [2.75, 3.05) is 0 Å². The monoisotopic (exact) mass is 318 g/mol. The van der Waals surface area contributed by atoms with Gasteiger partial charge < -0.3 is 9.84 Å². The summed E-state index contributed by atoms with van der Waals surface area (Å²) < 4.78 is 5.90. The van der Waals surface area contributed by atoms with Crippen molar-refractivity contribution in [2.24, 2.45) is 0 Å². The normalized spacial score (nSPS) is 12.0. The van der Waals surface area contributed by atoms with E-state index < -0.39 is 6.10 Å². The van der Waals surface area contributed by atoms with Crippen molar-refractivity contribution >= 4 is 17.9 Å². The van der Waals surface area contributed by atoms with E-state index in [2.05, 4.69) is 0 Å². The first-order valence-electron chi connectivity index (χ1n) is 7.18. The fraction of sp³-hybridized carbons (Fsp3) is 0.278. The molecule has 1 N–H and O–H groups in total. The molecule has 0 saturated heterocycles. The Bertz CT molecular complexity index is 695. The number of benzene rings is 2. The Morgan fingerprint density at radius 1 is 1.18 bits per heavy atom. The van der Waals surface area contributed by atoms with Crippen LogP contribution in [-0.4, -0.2) is 11.4 Å². The van der Waals surface area contributed by atoms with Crippen molar-refractivity contribution in [1.29, 1.82) is 0 Å². The van der Waals surface area contributed by atoms with Gasteiger partial charge in [-0.15, -0.1) is 0 Å². The minimum Gasteiger partial charge on any atom is -0.456 e. The van der Waals surface area contributed by atoms with Gasteiger partial charge in [0.25, 0.3) is 0 Å². The zero-order chi connectivity index (χ0) is 16.3. The number of carbonyl (C=O) groups is 1. The van der Waals surface area contributed by atoms with Gasteiger partial charge in [-0.2, -0.15) is 0 Å². The second kappa shape index (κ2) is 6.95. The zero-order valence-corrected chi connectivity index (χ0v) is 13.6. The van der Waals surface area contributed by atoms with Crippen LogP contribution in [0.25, 0.3) is 0 Å². The third kappa shape index (κ3) is 3.32. The number of rotatable bonds is 5. The molecule has 0 aliphatic rings. The summed E-state index contributed by atoms with van der Waals surface area (Å²) in [5.41, 5.74) is 3.04. The highest BCUT2D eigenvalue weighted by Gasteiger charge is 2.13. The lowest BCUT2D eigenvalue weighted by atomic mass is 10.0. The number of ether oxygens (including phenoxy) is 1. The minimum absolute atomic E-state index is 0.435. The van der Waals surface area contributed by atoms with Crippen LogP contribution in [0.2, 0.25) is 5.02 Å². The molecular formula is C18H19ClO3. The molecule has 1 unspecified atom stereocenters. The molecule has 1 atom stereocenters. The van der Waals surface area contributed by atoms with E-state index >= 15 is 0 Å². The molecule has 116 valence electrons. The van der Waals surface area contributed by atoms with Crippen LogP contribution in [0, 0.1) is 13.8 Å². The number of hydrogen-bond acceptors (Lipinski definition) is 3. The van der Waals surface area contributed by atoms with Crippen LogP contribution in [0.3, 0.4) is 0 Å². The largest absolute Gasteiger partial charge is 0.456 e. The quantitative estimate of drug-likeness (QED) is 0.789. The fourth-order valence-corrected chi connectivity index (χ4v) is 2.38. The second-order valence-corrected chi connectivity index (χ2v) is 5.64. The topological polar surface area (TPSA) is 46.5 Å². The lowest BCUT2D eigenvalue weighted by molar-refractivity contribution is 0.112. The standard InChI is InChI=1S/C18H19ClO3/c1-4-16(21)13-5-6-14(10-20)18(9-13)22-17-8-7-15(19)11(2)12(17)3/h5-10,16,21H,4H2,1-3H3. The summed E-state index contributed by atoms with van der Waals surface area (Å²) in [5.74, 6) is 1.08. The van der Waals surface area contributed by atoms with E-state index in [1.165, 1.54) is 0 Å². The van der Waals surface area contributed by atoms with Crippen LogP contribution in [0.15, 0.2) is 30.3 Å². The highest BCUT2D eigenvalue weighted by Crippen LogP contribution is 2.33. The highest BCUT2D eigenvalue weighted by molar-refractivity contribution is 6.31. The molecule has 0 aliphatic heterocycles. The summed E-state index contributed by atoms with van der Waals surface area (Å²) in [5, 5.41) is 10.6. The Labute approximate surface area is 135 Å². The lowest BCUT2D eigenvalue weighted by Gasteiger charge is -2.15. The predicted molar refractivity (Wildman–Crippen MR) is 88.1 cm³/mol. The third-order valence-corrected chi connectivity index (χ3v) is 4.24. The summed E-state index contributed by atoms with van der Waals surface area (Å²) in [6, 6.07) is 8.66. The van der Waals surface area contributed by atoms with Crippen molar-refractivity contribution in [3.05, 3.63) is 57.6 Å². The van der Waals surface area contributed by atoms with E-state index in [1.807, 2.05) is 20.8 Å². The molecule has 0 fully saturated rings. The average molecular weight is 319 g/mol. The first-order valence-corrected chi connectivity index (χ1v) is 7.56. The summed E-state index contributed by atoms with van der Waals surface area (Å²) in [4.78, 5) is 11.2. The second-order valence-electron chi connectivity index (χ2n) is 5.24. The molecule has 0 amide bonds. The van der Waals surface area contributed by atoms with Crippen LogP contribution < -0.4 is 4.74 Å². The van der Waals surface area contributed by atoms with E-state index in [1.54, 1.807) is 30.3 Å². The smallest absolute Gasteiger partial charge is 0.153 e. The molecule has 0 bridgehead atoms.